The molecule has 1 fully saturated rings. The van der Waals surface area contributed by atoms with E-state index in [1.165, 1.54) is 6.33 Å². The van der Waals surface area contributed by atoms with Crippen LogP contribution < -0.4 is 4.90 Å². The molecule has 2 heterocycles. The van der Waals surface area contributed by atoms with E-state index >= 15 is 0 Å². The smallest absolute Gasteiger partial charge is 0.337 e. The monoisotopic (exact) mass is 386 g/mol. The molecule has 1 N–H and O–H groups in total. The number of nitro groups is 1. The Morgan fingerprint density at radius 2 is 1.96 bits per heavy atom. The van der Waals surface area contributed by atoms with Crippen LogP contribution in [0.4, 0.5) is 11.5 Å². The second kappa shape index (κ2) is 8.75. The van der Waals surface area contributed by atoms with Crippen LogP contribution >= 0.6 is 0 Å². The van der Waals surface area contributed by atoms with Crippen LogP contribution in [-0.2, 0) is 16.1 Å². The van der Waals surface area contributed by atoms with Crippen molar-refractivity contribution in [3.8, 4) is 11.3 Å². The average molecular weight is 386 g/mol. The number of nitrogens with zero attached hydrogens (tertiary/aromatic N) is 4. The predicted molar refractivity (Wildman–Crippen MR) is 102 cm³/mol. The first kappa shape index (κ1) is 19.7. The van der Waals surface area contributed by atoms with E-state index in [2.05, 4.69) is 9.97 Å². The maximum Gasteiger partial charge on any atom is 0.337 e. The Labute approximate surface area is 162 Å². The van der Waals surface area contributed by atoms with Crippen molar-refractivity contribution >= 4 is 17.5 Å². The van der Waals surface area contributed by atoms with E-state index in [9.17, 15) is 20.0 Å². The summed E-state index contributed by atoms with van der Waals surface area (Å²) in [5.41, 5.74) is 1.36. The summed E-state index contributed by atoms with van der Waals surface area (Å²) in [5.74, 6) is -0.157. The van der Waals surface area contributed by atoms with Crippen molar-refractivity contribution in [1.29, 1.82) is 0 Å². The van der Waals surface area contributed by atoms with Crippen molar-refractivity contribution < 1.29 is 19.6 Å². The van der Waals surface area contributed by atoms with Gasteiger partial charge in [0, 0.05) is 18.7 Å². The number of carbonyl (C=O) groups is 1. The Morgan fingerprint density at radius 3 is 2.54 bits per heavy atom. The predicted octanol–water partition coefficient (Wildman–Crippen LogP) is 2.32. The average Bonchev–Trinajstić information content (AvgIpc) is 2.73. The van der Waals surface area contributed by atoms with E-state index in [0.29, 0.717) is 43.7 Å². The molecule has 28 heavy (non-hydrogen) atoms. The lowest BCUT2D eigenvalue weighted by atomic mass is 9.97. The zero-order valence-electron chi connectivity index (χ0n) is 15.6. The first-order valence-electron chi connectivity index (χ1n) is 9.16. The van der Waals surface area contributed by atoms with Crippen molar-refractivity contribution in [2.75, 3.05) is 24.6 Å². The fourth-order valence-electron chi connectivity index (χ4n) is 3.34. The van der Waals surface area contributed by atoms with Gasteiger partial charge in [0.05, 0.1) is 24.1 Å². The minimum Gasteiger partial charge on any atom is -0.466 e. The van der Waals surface area contributed by atoms with Crippen molar-refractivity contribution in [3.63, 3.8) is 0 Å². The summed E-state index contributed by atoms with van der Waals surface area (Å²) >= 11 is 0. The quantitative estimate of drug-likeness (QED) is 0.456. The molecule has 1 saturated heterocycles. The lowest BCUT2D eigenvalue weighted by Crippen LogP contribution is -2.37. The molecule has 0 radical (unpaired) electrons. The first-order valence-corrected chi connectivity index (χ1v) is 9.16. The van der Waals surface area contributed by atoms with E-state index < -0.39 is 4.92 Å². The second-order valence-corrected chi connectivity index (χ2v) is 6.52. The van der Waals surface area contributed by atoms with Gasteiger partial charge < -0.3 is 14.7 Å². The van der Waals surface area contributed by atoms with Gasteiger partial charge in [0.25, 0.3) is 0 Å². The number of aromatic nitrogens is 2. The van der Waals surface area contributed by atoms with Crippen molar-refractivity contribution in [3.05, 3.63) is 46.3 Å². The Balaban J connectivity index is 1.88. The van der Waals surface area contributed by atoms with Gasteiger partial charge in [-0.25, -0.2) is 9.97 Å². The van der Waals surface area contributed by atoms with E-state index in [4.69, 9.17) is 4.74 Å². The number of carbonyl (C=O) groups excluding carboxylic acids is 1. The van der Waals surface area contributed by atoms with E-state index in [1.54, 1.807) is 31.2 Å². The van der Waals surface area contributed by atoms with Crippen LogP contribution in [0.15, 0.2) is 30.6 Å². The Morgan fingerprint density at radius 1 is 1.29 bits per heavy atom. The van der Waals surface area contributed by atoms with Crippen LogP contribution in [0, 0.1) is 16.0 Å². The summed E-state index contributed by atoms with van der Waals surface area (Å²) in [7, 11) is 0. The van der Waals surface area contributed by atoms with E-state index in [0.717, 1.165) is 0 Å². The van der Waals surface area contributed by atoms with Gasteiger partial charge in [0.15, 0.2) is 5.69 Å². The lowest BCUT2D eigenvalue weighted by Gasteiger charge is -2.31. The van der Waals surface area contributed by atoms with Crippen LogP contribution in [0.1, 0.15) is 25.3 Å². The molecule has 0 bridgehead atoms. The Bertz CT molecular complexity index is 848. The van der Waals surface area contributed by atoms with Crippen LogP contribution in [0.25, 0.3) is 11.3 Å². The van der Waals surface area contributed by atoms with Crippen molar-refractivity contribution in [2.24, 2.45) is 5.92 Å². The fraction of sp³-hybridized carbons (Fsp3) is 0.421. The summed E-state index contributed by atoms with van der Waals surface area (Å²) in [6.45, 7) is 2.96. The summed E-state index contributed by atoms with van der Waals surface area (Å²) in [6, 6.07) is 6.78. The molecule has 0 atom stereocenters. The third kappa shape index (κ3) is 4.09. The minimum absolute atomic E-state index is 0.104. The maximum absolute atomic E-state index is 11.9. The summed E-state index contributed by atoms with van der Waals surface area (Å²) < 4.78 is 5.07. The van der Waals surface area contributed by atoms with Gasteiger partial charge in [-0.3, -0.25) is 14.9 Å². The van der Waals surface area contributed by atoms with Crippen LogP contribution in [0.5, 0.6) is 0 Å². The maximum atomic E-state index is 11.9. The minimum atomic E-state index is -0.470. The lowest BCUT2D eigenvalue weighted by molar-refractivity contribution is -0.383. The highest BCUT2D eigenvalue weighted by Crippen LogP contribution is 2.36. The topological polar surface area (TPSA) is 119 Å². The van der Waals surface area contributed by atoms with Crippen LogP contribution in [-0.4, -0.2) is 45.7 Å². The van der Waals surface area contributed by atoms with Crippen LogP contribution in [0.3, 0.4) is 0 Å². The van der Waals surface area contributed by atoms with E-state index in [1.807, 2.05) is 4.90 Å². The highest BCUT2D eigenvalue weighted by molar-refractivity contribution is 5.78. The third-order valence-corrected chi connectivity index (χ3v) is 4.81. The highest BCUT2D eigenvalue weighted by Gasteiger charge is 2.32. The molecular formula is C19H22N4O5. The molecule has 0 saturated carbocycles. The van der Waals surface area contributed by atoms with Crippen LogP contribution in [0.2, 0.25) is 0 Å². The van der Waals surface area contributed by atoms with E-state index in [-0.39, 0.29) is 35.7 Å². The molecule has 9 heteroatoms. The molecule has 3 rings (SSSR count). The Hall–Kier alpha value is -3.07. The molecule has 1 aliphatic heterocycles. The fourth-order valence-corrected chi connectivity index (χ4v) is 3.34. The third-order valence-electron chi connectivity index (χ3n) is 4.81. The number of ether oxygens (including phenoxy) is 1. The highest BCUT2D eigenvalue weighted by atomic mass is 16.6. The molecule has 0 amide bonds. The molecular weight excluding hydrogens is 364 g/mol. The molecule has 0 aliphatic carbocycles. The number of piperidine rings is 1. The number of aliphatic hydroxyl groups excluding tert-OH is 1. The number of esters is 1. The number of hydrogen-bond donors (Lipinski definition) is 1. The summed E-state index contributed by atoms with van der Waals surface area (Å²) in [4.78, 5) is 33.4. The zero-order valence-corrected chi connectivity index (χ0v) is 15.6. The molecule has 0 spiro atoms. The van der Waals surface area contributed by atoms with Gasteiger partial charge in [0.2, 0.25) is 5.82 Å². The number of benzene rings is 1. The molecule has 1 aliphatic rings. The van der Waals surface area contributed by atoms with Gasteiger partial charge in [0.1, 0.15) is 6.33 Å². The number of rotatable bonds is 6. The number of hydrogen-bond acceptors (Lipinski definition) is 8. The summed E-state index contributed by atoms with van der Waals surface area (Å²) in [5, 5.41) is 21.0. The Kier molecular flexibility index (Phi) is 6.15. The largest absolute Gasteiger partial charge is 0.466 e. The zero-order chi connectivity index (χ0) is 20.1. The normalized spacial score (nSPS) is 14.7. The number of anilines is 1. The van der Waals surface area contributed by atoms with Gasteiger partial charge in [-0.1, -0.05) is 24.3 Å². The summed E-state index contributed by atoms with van der Waals surface area (Å²) in [6.07, 6.45) is 2.43. The SMILES string of the molecule is CCOC(=O)C1CCN(c2ncnc(-c3ccc(CO)cc3)c2[N+](=O)[O-])CC1. The standard InChI is InChI=1S/C19H22N4O5/c1-2-28-19(25)15-7-9-22(10-8-15)18-17(23(26)27)16(20-12-21-18)14-5-3-13(11-24)4-6-14/h3-6,12,15,24H,2,7-11H2,1H3. The van der Waals surface area contributed by atoms with Gasteiger partial charge in [-0.15, -0.1) is 0 Å². The molecule has 0 unspecified atom stereocenters. The first-order chi connectivity index (χ1) is 13.5. The van der Waals surface area contributed by atoms with Gasteiger partial charge in [-0.2, -0.15) is 0 Å². The number of aliphatic hydroxyl groups is 1. The molecule has 9 nitrogen and oxygen atoms in total. The van der Waals surface area contributed by atoms with Crippen molar-refractivity contribution in [2.45, 2.75) is 26.4 Å². The molecule has 148 valence electrons. The second-order valence-electron chi connectivity index (χ2n) is 6.52. The molecule has 1 aromatic carbocycles. The molecule has 2 aromatic rings. The molecule has 1 aromatic heterocycles. The van der Waals surface area contributed by atoms with Gasteiger partial charge in [-0.05, 0) is 25.3 Å². The van der Waals surface area contributed by atoms with Crippen molar-refractivity contribution in [1.82, 2.24) is 9.97 Å². The van der Waals surface area contributed by atoms with Gasteiger partial charge >= 0.3 is 11.7 Å².